The predicted octanol–water partition coefficient (Wildman–Crippen LogP) is 0.719. The molecule has 0 radical (unpaired) electrons. The van der Waals surface area contributed by atoms with Gasteiger partial charge in [-0.1, -0.05) is 21.4 Å². The Bertz CT molecular complexity index is 90.1. The van der Waals surface area contributed by atoms with Crippen LogP contribution in [-0.2, 0) is 4.79 Å². The molecule has 0 rings (SSSR count). The van der Waals surface area contributed by atoms with Gasteiger partial charge in [0.25, 0.3) is 0 Å². The summed E-state index contributed by atoms with van der Waals surface area (Å²) >= 11 is 0. The Morgan fingerprint density at radius 1 is 1.27 bits per heavy atom. The van der Waals surface area contributed by atoms with E-state index < -0.39 is 14.6 Å². The van der Waals surface area contributed by atoms with Crippen molar-refractivity contribution in [1.29, 1.82) is 0 Å². The van der Waals surface area contributed by atoms with Gasteiger partial charge in [-0.3, -0.25) is 0 Å². The van der Waals surface area contributed by atoms with Gasteiger partial charge in [0.1, 0.15) is 0 Å². The number of carboxylic acids is 1. The quantitative estimate of drug-likeness (QED) is 0.357. The molecule has 5 nitrogen and oxygen atoms in total. The molecule has 0 aliphatic carbocycles. The number of carbonyl (C=O) groups is 1. The molecule has 0 spiro atoms. The van der Waals surface area contributed by atoms with Gasteiger partial charge >= 0.3 is 14.6 Å². The van der Waals surface area contributed by atoms with E-state index in [0.717, 1.165) is 6.08 Å². The molecule has 0 atom stereocenters. The third kappa shape index (κ3) is 233. The lowest BCUT2D eigenvalue weighted by Crippen LogP contribution is -1.82. The van der Waals surface area contributed by atoms with E-state index in [1.807, 2.05) is 0 Å². The molecule has 0 aliphatic rings. The number of carboxylic acid groups (broad SMARTS) is 1. The molecule has 0 aromatic heterocycles. The van der Waals surface area contributed by atoms with Crippen molar-refractivity contribution in [2.75, 3.05) is 0 Å². The summed E-state index contributed by atoms with van der Waals surface area (Å²) in [5.74, 6) is -0.981. The van der Waals surface area contributed by atoms with Crippen LogP contribution in [0.4, 0.5) is 0 Å². The second-order valence-electron chi connectivity index (χ2n) is 0.811. The first-order chi connectivity index (χ1) is 4.00. The summed E-state index contributed by atoms with van der Waals surface area (Å²) < 4.78 is 0. The zero-order valence-corrected chi connectivity index (χ0v) is 5.32. The van der Waals surface area contributed by atoms with E-state index in [2.05, 4.69) is 6.58 Å². The van der Waals surface area contributed by atoms with Crippen molar-refractivity contribution in [3.8, 4) is 0 Å². The highest BCUT2D eigenvalue weighted by molar-refractivity contribution is 7.38. The van der Waals surface area contributed by atoms with Crippen LogP contribution in [0.5, 0.6) is 0 Å². The summed E-state index contributed by atoms with van der Waals surface area (Å²) in [4.78, 5) is 30.9. The largest absolute Gasteiger partial charge is 0.478 e. The fourth-order valence-electron chi connectivity index (χ4n) is 0. The number of hydrogen-bond acceptors (Lipinski definition) is 4. The summed E-state index contributed by atoms with van der Waals surface area (Å²) in [5.41, 5.74) is 0. The maximum atomic E-state index is 9.25. The lowest BCUT2D eigenvalue weighted by Gasteiger charge is -1.76. The Balaban J connectivity index is -0.0000000383. The van der Waals surface area contributed by atoms with Crippen LogP contribution in [0.15, 0.2) is 12.7 Å². The molecule has 0 aromatic rings. The van der Waals surface area contributed by atoms with Crippen molar-refractivity contribution in [1.82, 2.24) is 0 Å². The van der Waals surface area contributed by atoms with E-state index in [-0.39, 0.29) is 14.9 Å². The summed E-state index contributed by atoms with van der Waals surface area (Å²) in [6.45, 7) is 2.96. The van der Waals surface area contributed by atoms with Gasteiger partial charge in [-0.2, -0.15) is 0 Å². The molecular weight excluding hydrogens is 171 g/mol. The summed E-state index contributed by atoms with van der Waals surface area (Å²) in [5, 5.41) is 7.60. The van der Waals surface area contributed by atoms with E-state index in [1.165, 1.54) is 0 Å². The van der Waals surface area contributed by atoms with E-state index in [1.54, 1.807) is 0 Å². The average molecular weight is 186 g/mol. The van der Waals surface area contributed by atoms with Crippen LogP contribution in [0, 0.1) is 0 Å². The Morgan fingerprint density at radius 3 is 1.36 bits per heavy atom. The van der Waals surface area contributed by atoms with Crippen LogP contribution in [0.3, 0.4) is 0 Å². The van der Waals surface area contributed by atoms with Gasteiger partial charge in [-0.05, 0) is 0 Å². The van der Waals surface area contributed by atoms with Crippen LogP contribution in [0.2, 0.25) is 0 Å². The highest BCUT2D eigenvalue weighted by Crippen LogP contribution is 2.11. The molecule has 0 heterocycles. The molecule has 0 saturated heterocycles. The normalized spacial score (nSPS) is 6.18. The molecule has 0 bridgehead atoms. The second-order valence-corrected chi connectivity index (χ2v) is 1.35. The molecule has 6 heteroatoms. The molecule has 0 amide bonds. The van der Waals surface area contributed by atoms with Gasteiger partial charge in [0.05, 0.1) is 0 Å². The first-order valence-electron chi connectivity index (χ1n) is 1.72. The molecule has 0 aliphatic heterocycles. The maximum absolute atomic E-state index is 9.25. The molecule has 4 N–H and O–H groups in total. The van der Waals surface area contributed by atoms with E-state index >= 15 is 0 Å². The van der Waals surface area contributed by atoms with E-state index in [9.17, 15) is 4.79 Å². The van der Waals surface area contributed by atoms with Gasteiger partial charge in [0.15, 0.2) is 0 Å². The number of rotatable bonds is 1. The number of aliphatic carboxylic acids is 1. The fourth-order valence-corrected chi connectivity index (χ4v) is 0. The lowest BCUT2D eigenvalue weighted by molar-refractivity contribution is -0.131. The van der Waals surface area contributed by atoms with Crippen LogP contribution < -0.4 is 0 Å². The zero-order chi connectivity index (χ0) is 7.86. The van der Waals surface area contributed by atoms with E-state index in [0.29, 0.717) is 0 Å². The lowest BCUT2D eigenvalue weighted by atomic mass is 10.7. The monoisotopic (exact) mass is 186 g/mol. The van der Waals surface area contributed by atoms with Gasteiger partial charge < -0.3 is 19.8 Å². The SMILES string of the molecule is C.C.C=CC(=O)O.OP(O)O. The van der Waals surface area contributed by atoms with Crippen molar-refractivity contribution in [2.45, 2.75) is 14.9 Å². The summed E-state index contributed by atoms with van der Waals surface area (Å²) in [7, 11) is -2.62. The third-order valence-corrected chi connectivity index (χ3v) is 0.175. The first kappa shape index (κ1) is 22.4. The van der Waals surface area contributed by atoms with Crippen molar-refractivity contribution < 1.29 is 24.6 Å². The van der Waals surface area contributed by atoms with Gasteiger partial charge in [0.2, 0.25) is 0 Å². The minimum absolute atomic E-state index is 0. The Labute approximate surface area is 67.6 Å². The van der Waals surface area contributed by atoms with Gasteiger partial charge in [0, 0.05) is 6.08 Å². The Morgan fingerprint density at radius 2 is 1.36 bits per heavy atom. The molecule has 0 fully saturated rings. The predicted molar refractivity (Wildman–Crippen MR) is 44.9 cm³/mol. The van der Waals surface area contributed by atoms with Crippen molar-refractivity contribution in [2.24, 2.45) is 0 Å². The highest BCUT2D eigenvalue weighted by atomic mass is 31.2. The Kier molecular flexibility index (Phi) is 33.1. The fraction of sp³-hybridized carbons (Fsp3) is 0.400. The molecule has 70 valence electrons. The first-order valence-corrected chi connectivity index (χ1v) is 2.92. The third-order valence-electron chi connectivity index (χ3n) is 0.175. The molecule has 0 unspecified atom stereocenters. The highest BCUT2D eigenvalue weighted by Gasteiger charge is 1.76. The standard InChI is InChI=1S/C3H4O2.2CH4.H3O3P/c1-2-3(4)5;;;1-4(2)3/h2H,1H2,(H,4,5);2*1H4;1-3H. The topological polar surface area (TPSA) is 98.0 Å². The van der Waals surface area contributed by atoms with Crippen LogP contribution in [0.1, 0.15) is 14.9 Å². The smallest absolute Gasteiger partial charge is 0.327 e. The molecule has 0 aromatic carbocycles. The van der Waals surface area contributed by atoms with Gasteiger partial charge in [-0.25, -0.2) is 4.79 Å². The summed E-state index contributed by atoms with van der Waals surface area (Å²) in [6.07, 6.45) is 0.833. The van der Waals surface area contributed by atoms with Crippen LogP contribution >= 0.6 is 8.60 Å². The molecular formula is C5H15O5P. The minimum atomic E-state index is -2.62. The average Bonchev–Trinajstić information content (AvgIpc) is 1.65. The summed E-state index contributed by atoms with van der Waals surface area (Å²) in [6, 6.07) is 0. The van der Waals surface area contributed by atoms with Crippen molar-refractivity contribution in [3.63, 3.8) is 0 Å². The maximum Gasteiger partial charge on any atom is 0.327 e. The van der Waals surface area contributed by atoms with Gasteiger partial charge in [-0.15, -0.1) is 0 Å². The van der Waals surface area contributed by atoms with Crippen LogP contribution in [-0.4, -0.2) is 25.8 Å². The van der Waals surface area contributed by atoms with E-state index in [4.69, 9.17) is 19.8 Å². The molecule has 0 saturated carbocycles. The minimum Gasteiger partial charge on any atom is -0.478 e. The van der Waals surface area contributed by atoms with Crippen molar-refractivity contribution >= 4 is 14.6 Å². The molecule has 11 heavy (non-hydrogen) atoms. The number of hydrogen-bond donors (Lipinski definition) is 4. The van der Waals surface area contributed by atoms with Crippen LogP contribution in [0.25, 0.3) is 0 Å². The Hall–Kier alpha value is -0.480. The zero-order valence-electron chi connectivity index (χ0n) is 4.43. The van der Waals surface area contributed by atoms with Crippen molar-refractivity contribution in [3.05, 3.63) is 12.7 Å². The second kappa shape index (κ2) is 16.3.